The van der Waals surface area contributed by atoms with Crippen LogP contribution in [0.5, 0.6) is 0 Å². The van der Waals surface area contributed by atoms with Crippen molar-refractivity contribution in [3.63, 3.8) is 0 Å². The number of hydrogen-bond acceptors (Lipinski definition) is 4. The third-order valence-corrected chi connectivity index (χ3v) is 2.80. The van der Waals surface area contributed by atoms with Crippen molar-refractivity contribution in [2.45, 2.75) is 0 Å². The predicted molar refractivity (Wildman–Crippen MR) is 78.7 cm³/mol. The Hall–Kier alpha value is -1.19. The first-order valence-corrected chi connectivity index (χ1v) is 6.74. The first-order valence-electron chi connectivity index (χ1n) is 5.67. The summed E-state index contributed by atoms with van der Waals surface area (Å²) in [7, 11) is 0. The lowest BCUT2D eigenvalue weighted by Gasteiger charge is -2.06. The second kappa shape index (κ2) is 8.83. The monoisotopic (exact) mass is 378 g/mol. The molecule has 0 heterocycles. The normalized spacial score (nSPS) is 10.0. The van der Waals surface area contributed by atoms with Gasteiger partial charge < -0.3 is 20.5 Å². The van der Waals surface area contributed by atoms with E-state index in [1.54, 1.807) is 12.1 Å². The molecule has 6 nitrogen and oxygen atoms in total. The summed E-state index contributed by atoms with van der Waals surface area (Å²) in [6.45, 7) is 0.619. The van der Waals surface area contributed by atoms with Gasteiger partial charge in [0.2, 0.25) is 0 Å². The van der Waals surface area contributed by atoms with Crippen LogP contribution in [-0.4, -0.2) is 43.3 Å². The highest BCUT2D eigenvalue weighted by Crippen LogP contribution is 2.10. The lowest BCUT2D eigenvalue weighted by atomic mass is 10.3. The molecule has 0 aliphatic carbocycles. The van der Waals surface area contributed by atoms with Crippen molar-refractivity contribution in [2.75, 3.05) is 31.7 Å². The Labute approximate surface area is 124 Å². The Bertz CT molecular complexity index is 422. The van der Waals surface area contributed by atoms with Crippen molar-refractivity contribution in [2.24, 2.45) is 0 Å². The zero-order valence-corrected chi connectivity index (χ0v) is 12.3. The molecule has 0 radical (unpaired) electrons. The molecule has 104 valence electrons. The Balaban J connectivity index is 2.28. The molecule has 0 aliphatic rings. The van der Waals surface area contributed by atoms with Crippen LogP contribution in [0.4, 0.5) is 5.69 Å². The first kappa shape index (κ1) is 15.9. The fraction of sp³-hybridized carbons (Fsp3) is 0.333. The van der Waals surface area contributed by atoms with E-state index in [0.29, 0.717) is 5.69 Å². The molecule has 7 heteroatoms. The van der Waals surface area contributed by atoms with Gasteiger partial charge in [-0.05, 0) is 46.9 Å². The van der Waals surface area contributed by atoms with E-state index in [2.05, 4.69) is 33.2 Å². The molecular weight excluding hydrogens is 363 g/mol. The maximum Gasteiger partial charge on any atom is 0.313 e. The number of anilines is 1. The van der Waals surface area contributed by atoms with Crippen molar-refractivity contribution in [1.82, 2.24) is 5.32 Å². The summed E-state index contributed by atoms with van der Waals surface area (Å²) in [5.74, 6) is -1.44. The van der Waals surface area contributed by atoms with Crippen LogP contribution in [0.3, 0.4) is 0 Å². The molecular formula is C12H15IN2O4. The molecule has 19 heavy (non-hydrogen) atoms. The van der Waals surface area contributed by atoms with E-state index < -0.39 is 11.8 Å². The molecule has 0 saturated carbocycles. The maximum absolute atomic E-state index is 11.5. The molecule has 0 unspecified atom stereocenters. The molecule has 3 N–H and O–H groups in total. The minimum Gasteiger partial charge on any atom is -0.394 e. The van der Waals surface area contributed by atoms with Crippen molar-refractivity contribution >= 4 is 40.1 Å². The van der Waals surface area contributed by atoms with Crippen LogP contribution >= 0.6 is 22.6 Å². The summed E-state index contributed by atoms with van der Waals surface area (Å²) in [6, 6.07) is 7.10. The molecule has 0 saturated heterocycles. The number of aliphatic hydroxyl groups is 1. The second-order valence-electron chi connectivity index (χ2n) is 3.55. The van der Waals surface area contributed by atoms with Gasteiger partial charge in [0.15, 0.2) is 0 Å². The number of rotatable bonds is 6. The maximum atomic E-state index is 11.5. The molecule has 0 aliphatic heterocycles. The summed E-state index contributed by atoms with van der Waals surface area (Å²) in [5, 5.41) is 13.4. The topological polar surface area (TPSA) is 87.7 Å². The fourth-order valence-electron chi connectivity index (χ4n) is 1.20. The van der Waals surface area contributed by atoms with Crippen molar-refractivity contribution < 1.29 is 19.4 Å². The molecule has 1 aromatic carbocycles. The van der Waals surface area contributed by atoms with E-state index in [1.165, 1.54) is 0 Å². The van der Waals surface area contributed by atoms with Gasteiger partial charge in [-0.3, -0.25) is 9.59 Å². The van der Waals surface area contributed by atoms with Gasteiger partial charge in [-0.1, -0.05) is 0 Å². The van der Waals surface area contributed by atoms with Gasteiger partial charge >= 0.3 is 11.8 Å². The fourth-order valence-corrected chi connectivity index (χ4v) is 1.56. The van der Waals surface area contributed by atoms with Crippen LogP contribution < -0.4 is 10.6 Å². The van der Waals surface area contributed by atoms with Crippen LogP contribution in [0.2, 0.25) is 0 Å². The van der Waals surface area contributed by atoms with Gasteiger partial charge in [0, 0.05) is 15.8 Å². The van der Waals surface area contributed by atoms with E-state index in [0.717, 1.165) is 3.57 Å². The third kappa shape index (κ3) is 6.50. The number of benzene rings is 1. The molecule has 0 fully saturated rings. The number of carbonyl (C=O) groups excluding carboxylic acids is 2. The molecule has 0 spiro atoms. The Morgan fingerprint density at radius 3 is 2.47 bits per heavy atom. The molecule has 0 aromatic heterocycles. The van der Waals surface area contributed by atoms with Crippen molar-refractivity contribution in [3.05, 3.63) is 27.8 Å². The predicted octanol–water partition coefficient (Wildman–Crippen LogP) is 0.355. The largest absolute Gasteiger partial charge is 0.394 e. The zero-order chi connectivity index (χ0) is 14.1. The summed E-state index contributed by atoms with van der Waals surface area (Å²) in [4.78, 5) is 22.9. The Morgan fingerprint density at radius 1 is 1.16 bits per heavy atom. The molecule has 2 amide bonds. The zero-order valence-electron chi connectivity index (χ0n) is 10.2. The van der Waals surface area contributed by atoms with Crippen LogP contribution in [-0.2, 0) is 14.3 Å². The number of carbonyl (C=O) groups is 2. The summed E-state index contributed by atoms with van der Waals surface area (Å²) < 4.78 is 5.99. The smallest absolute Gasteiger partial charge is 0.313 e. The van der Waals surface area contributed by atoms with E-state index in [1.807, 2.05) is 12.1 Å². The van der Waals surface area contributed by atoms with Gasteiger partial charge in [-0.25, -0.2) is 0 Å². The number of halogens is 1. The lowest BCUT2D eigenvalue weighted by molar-refractivity contribution is -0.136. The summed E-state index contributed by atoms with van der Waals surface area (Å²) in [5.41, 5.74) is 0.567. The average Bonchev–Trinajstić information content (AvgIpc) is 2.41. The average molecular weight is 378 g/mol. The van der Waals surface area contributed by atoms with Crippen molar-refractivity contribution in [3.8, 4) is 0 Å². The quantitative estimate of drug-likeness (QED) is 0.379. The van der Waals surface area contributed by atoms with Gasteiger partial charge in [-0.15, -0.1) is 0 Å². The summed E-state index contributed by atoms with van der Waals surface area (Å²) in [6.07, 6.45) is 0. The van der Waals surface area contributed by atoms with Crippen LogP contribution in [0.25, 0.3) is 0 Å². The Morgan fingerprint density at radius 2 is 1.84 bits per heavy atom. The molecule has 0 bridgehead atoms. The number of aliphatic hydroxyl groups excluding tert-OH is 1. The number of ether oxygens (including phenoxy) is 1. The minimum absolute atomic E-state index is 0.0682. The minimum atomic E-state index is -0.719. The van der Waals surface area contributed by atoms with Crippen molar-refractivity contribution in [1.29, 1.82) is 0 Å². The van der Waals surface area contributed by atoms with E-state index in [-0.39, 0.29) is 26.4 Å². The van der Waals surface area contributed by atoms with Crippen LogP contribution in [0.1, 0.15) is 0 Å². The van der Waals surface area contributed by atoms with Crippen LogP contribution in [0.15, 0.2) is 24.3 Å². The second-order valence-corrected chi connectivity index (χ2v) is 4.80. The van der Waals surface area contributed by atoms with Gasteiger partial charge in [0.1, 0.15) is 0 Å². The van der Waals surface area contributed by atoms with Gasteiger partial charge in [0.25, 0.3) is 0 Å². The SMILES string of the molecule is O=C(NCCOCCO)C(=O)Nc1ccc(I)cc1. The number of nitrogens with one attached hydrogen (secondary N) is 2. The van der Waals surface area contributed by atoms with E-state index in [4.69, 9.17) is 9.84 Å². The van der Waals surface area contributed by atoms with Gasteiger partial charge in [-0.2, -0.15) is 0 Å². The first-order chi connectivity index (χ1) is 9.13. The lowest BCUT2D eigenvalue weighted by Crippen LogP contribution is -2.37. The summed E-state index contributed by atoms with van der Waals surface area (Å²) >= 11 is 2.15. The third-order valence-electron chi connectivity index (χ3n) is 2.08. The standard InChI is InChI=1S/C12H15IN2O4/c13-9-1-3-10(4-2-9)15-12(18)11(17)14-5-7-19-8-6-16/h1-4,16H,5-8H2,(H,14,17)(H,15,18). The highest BCUT2D eigenvalue weighted by molar-refractivity contribution is 14.1. The van der Waals surface area contributed by atoms with E-state index >= 15 is 0 Å². The molecule has 1 rings (SSSR count). The Kier molecular flexibility index (Phi) is 7.38. The molecule has 1 aromatic rings. The highest BCUT2D eigenvalue weighted by Gasteiger charge is 2.12. The number of amides is 2. The molecule has 0 atom stereocenters. The number of hydrogen-bond donors (Lipinski definition) is 3. The highest BCUT2D eigenvalue weighted by atomic mass is 127. The van der Waals surface area contributed by atoms with E-state index in [9.17, 15) is 9.59 Å². The van der Waals surface area contributed by atoms with Gasteiger partial charge in [0.05, 0.1) is 19.8 Å². The van der Waals surface area contributed by atoms with Crippen LogP contribution in [0, 0.1) is 3.57 Å².